The zero-order chi connectivity index (χ0) is 12.1. The largest absolute Gasteiger partial charge is 0.416 e. The van der Waals surface area contributed by atoms with Crippen LogP contribution in [0.3, 0.4) is 0 Å². The molecule has 16 heavy (non-hydrogen) atoms. The third-order valence-electron chi connectivity index (χ3n) is 2.54. The van der Waals surface area contributed by atoms with Crippen molar-refractivity contribution in [2.24, 2.45) is 0 Å². The molecule has 1 aliphatic rings. The smallest absolute Gasteiger partial charge is 0.312 e. The summed E-state index contributed by atoms with van der Waals surface area (Å²) in [5, 5.41) is 0. The first-order valence-corrected chi connectivity index (χ1v) is 4.45. The Morgan fingerprint density at radius 1 is 1.31 bits per heavy atom. The van der Waals surface area contributed by atoms with Gasteiger partial charge in [0.05, 0.1) is 11.3 Å². The van der Waals surface area contributed by atoms with Crippen molar-refractivity contribution in [3.05, 3.63) is 29.3 Å². The van der Waals surface area contributed by atoms with Crippen LogP contribution in [0.4, 0.5) is 23.2 Å². The Balaban J connectivity index is 2.54. The van der Waals surface area contributed by atoms with Crippen molar-refractivity contribution in [2.75, 3.05) is 11.9 Å². The number of carbonyl (C=O) groups is 1. The van der Waals surface area contributed by atoms with Crippen LogP contribution in [0.15, 0.2) is 18.2 Å². The molecule has 2 nitrogen and oxygen atoms in total. The second-order valence-electron chi connectivity index (χ2n) is 3.53. The number of hydrogen-bond donors (Lipinski definition) is 0. The van der Waals surface area contributed by atoms with Crippen LogP contribution in [0, 0.1) is 0 Å². The average Bonchev–Trinajstić information content (AvgIpc) is 2.43. The molecule has 0 N–H and O–H groups in total. The monoisotopic (exact) mass is 233 g/mol. The number of amides is 1. The predicted molar refractivity (Wildman–Crippen MR) is 48.7 cm³/mol. The highest BCUT2D eigenvalue weighted by atomic mass is 19.4. The molecule has 6 heteroatoms. The number of benzene rings is 1. The second kappa shape index (κ2) is 3.20. The maximum Gasteiger partial charge on any atom is 0.416 e. The van der Waals surface area contributed by atoms with E-state index in [2.05, 4.69) is 0 Å². The molecular weight excluding hydrogens is 226 g/mol. The first kappa shape index (κ1) is 10.9. The van der Waals surface area contributed by atoms with Gasteiger partial charge in [-0.3, -0.25) is 4.79 Å². The van der Waals surface area contributed by atoms with Crippen LogP contribution in [0.2, 0.25) is 0 Å². The Bertz CT molecular complexity index is 455. The molecule has 1 aliphatic heterocycles. The third-order valence-corrected chi connectivity index (χ3v) is 2.54. The Morgan fingerprint density at radius 2 is 1.94 bits per heavy atom. The summed E-state index contributed by atoms with van der Waals surface area (Å²) in [5.41, 5.74) is -0.982. The van der Waals surface area contributed by atoms with Gasteiger partial charge in [-0.05, 0) is 18.2 Å². The molecule has 1 aromatic carbocycles. The normalized spacial score (nSPS) is 20.2. The zero-order valence-electron chi connectivity index (χ0n) is 8.18. The molecular formula is C10H7F4NO. The Hall–Kier alpha value is -1.59. The molecule has 1 atom stereocenters. The number of fused-ring (bicyclic) bond motifs is 1. The topological polar surface area (TPSA) is 20.3 Å². The average molecular weight is 233 g/mol. The van der Waals surface area contributed by atoms with E-state index in [9.17, 15) is 22.4 Å². The summed E-state index contributed by atoms with van der Waals surface area (Å²) in [7, 11) is 1.33. The van der Waals surface area contributed by atoms with Crippen molar-refractivity contribution in [1.82, 2.24) is 0 Å². The van der Waals surface area contributed by atoms with E-state index < -0.39 is 23.8 Å². The molecule has 0 aromatic heterocycles. The number of carbonyl (C=O) groups excluding carboxylic acids is 1. The summed E-state index contributed by atoms with van der Waals surface area (Å²) in [6.45, 7) is 0. The molecule has 0 radical (unpaired) electrons. The van der Waals surface area contributed by atoms with Gasteiger partial charge in [0.25, 0.3) is 5.91 Å². The molecule has 0 bridgehead atoms. The number of alkyl halides is 4. The molecule has 86 valence electrons. The summed E-state index contributed by atoms with van der Waals surface area (Å²) in [6, 6.07) is 2.62. The van der Waals surface area contributed by atoms with Gasteiger partial charge in [-0.15, -0.1) is 0 Å². The fourth-order valence-electron chi connectivity index (χ4n) is 1.66. The van der Waals surface area contributed by atoms with E-state index in [1.807, 2.05) is 0 Å². The van der Waals surface area contributed by atoms with E-state index in [0.717, 1.165) is 17.0 Å². The molecule has 2 rings (SSSR count). The molecule has 1 unspecified atom stereocenters. The summed E-state index contributed by atoms with van der Waals surface area (Å²) in [6.07, 6.45) is -6.53. The number of hydrogen-bond acceptors (Lipinski definition) is 1. The van der Waals surface area contributed by atoms with Gasteiger partial charge in [-0.2, -0.15) is 13.2 Å². The van der Waals surface area contributed by atoms with Crippen LogP contribution in [-0.2, 0) is 11.0 Å². The summed E-state index contributed by atoms with van der Waals surface area (Å²) in [4.78, 5) is 12.2. The first-order valence-electron chi connectivity index (χ1n) is 4.45. The molecule has 0 aliphatic carbocycles. The van der Waals surface area contributed by atoms with Gasteiger partial charge in [-0.25, -0.2) is 4.39 Å². The van der Waals surface area contributed by atoms with Gasteiger partial charge in [0.2, 0.25) is 6.17 Å². The van der Waals surface area contributed by atoms with Crippen molar-refractivity contribution < 1.29 is 22.4 Å². The van der Waals surface area contributed by atoms with E-state index in [0.29, 0.717) is 6.07 Å². The minimum Gasteiger partial charge on any atom is -0.312 e. The lowest BCUT2D eigenvalue weighted by molar-refractivity contribution is -0.137. The van der Waals surface area contributed by atoms with E-state index in [4.69, 9.17) is 0 Å². The van der Waals surface area contributed by atoms with Gasteiger partial charge in [-0.1, -0.05) is 0 Å². The summed E-state index contributed by atoms with van der Waals surface area (Å²) < 4.78 is 50.4. The first-order chi connectivity index (χ1) is 7.32. The number of halogens is 4. The van der Waals surface area contributed by atoms with E-state index in [-0.39, 0.29) is 11.3 Å². The van der Waals surface area contributed by atoms with E-state index >= 15 is 0 Å². The molecule has 0 spiro atoms. The highest BCUT2D eigenvalue weighted by Gasteiger charge is 2.38. The second-order valence-corrected chi connectivity index (χ2v) is 3.53. The Kier molecular flexibility index (Phi) is 2.18. The molecule has 0 saturated heterocycles. The van der Waals surface area contributed by atoms with Crippen molar-refractivity contribution >= 4 is 11.6 Å². The van der Waals surface area contributed by atoms with E-state index in [1.165, 1.54) is 7.05 Å². The van der Waals surface area contributed by atoms with Gasteiger partial charge in [0, 0.05) is 12.6 Å². The quantitative estimate of drug-likeness (QED) is 0.631. The van der Waals surface area contributed by atoms with E-state index in [1.54, 1.807) is 0 Å². The van der Waals surface area contributed by atoms with Crippen LogP contribution >= 0.6 is 0 Å². The lowest BCUT2D eigenvalue weighted by Crippen LogP contribution is -2.22. The maximum atomic E-state index is 13.4. The predicted octanol–water partition coefficient (Wildman–Crippen LogP) is 2.69. The summed E-state index contributed by atoms with van der Waals surface area (Å²) >= 11 is 0. The minimum atomic E-state index is -4.53. The fraction of sp³-hybridized carbons (Fsp3) is 0.300. The SMILES string of the molecule is CN1C(=O)C(F)c2cc(C(F)(F)F)ccc21. The van der Waals surface area contributed by atoms with Crippen molar-refractivity contribution in [1.29, 1.82) is 0 Å². The molecule has 1 amide bonds. The number of rotatable bonds is 0. The Morgan fingerprint density at radius 3 is 2.50 bits per heavy atom. The minimum absolute atomic E-state index is 0.186. The van der Waals surface area contributed by atoms with Crippen LogP contribution < -0.4 is 4.90 Å². The lowest BCUT2D eigenvalue weighted by atomic mass is 10.1. The van der Waals surface area contributed by atoms with Crippen molar-refractivity contribution in [3.63, 3.8) is 0 Å². The Labute approximate surface area is 88.5 Å². The summed E-state index contributed by atoms with van der Waals surface area (Å²) in [5.74, 6) is -0.839. The number of nitrogens with zero attached hydrogens (tertiary/aromatic N) is 1. The van der Waals surface area contributed by atoms with Gasteiger partial charge >= 0.3 is 6.18 Å². The molecule has 1 aromatic rings. The molecule has 0 fully saturated rings. The molecule has 1 heterocycles. The highest BCUT2D eigenvalue weighted by Crippen LogP contribution is 2.40. The van der Waals surface area contributed by atoms with Crippen LogP contribution in [-0.4, -0.2) is 13.0 Å². The number of likely N-dealkylation sites (N-methyl/N-ethyl adjacent to an activating group) is 1. The third kappa shape index (κ3) is 1.45. The highest BCUT2D eigenvalue weighted by molar-refractivity contribution is 6.03. The van der Waals surface area contributed by atoms with Crippen LogP contribution in [0.25, 0.3) is 0 Å². The van der Waals surface area contributed by atoms with Crippen LogP contribution in [0.5, 0.6) is 0 Å². The number of anilines is 1. The standard InChI is InChI=1S/C10H7F4NO/c1-15-7-3-2-5(10(12,13)14)4-6(7)8(11)9(15)16/h2-4,8H,1H3. The van der Waals surface area contributed by atoms with Gasteiger partial charge in [0.1, 0.15) is 0 Å². The molecule has 0 saturated carbocycles. The fourth-order valence-corrected chi connectivity index (χ4v) is 1.66. The lowest BCUT2D eigenvalue weighted by Gasteiger charge is -2.11. The van der Waals surface area contributed by atoms with Gasteiger partial charge < -0.3 is 4.90 Å². The van der Waals surface area contributed by atoms with Crippen molar-refractivity contribution in [3.8, 4) is 0 Å². The zero-order valence-corrected chi connectivity index (χ0v) is 8.18. The maximum absolute atomic E-state index is 13.4. The van der Waals surface area contributed by atoms with Gasteiger partial charge in [0.15, 0.2) is 0 Å². The van der Waals surface area contributed by atoms with Crippen LogP contribution in [0.1, 0.15) is 17.3 Å². The van der Waals surface area contributed by atoms with Crippen molar-refractivity contribution in [2.45, 2.75) is 12.3 Å².